The third kappa shape index (κ3) is 3.36. The Morgan fingerprint density at radius 2 is 1.75 bits per heavy atom. The Labute approximate surface area is 139 Å². The van der Waals surface area contributed by atoms with Gasteiger partial charge in [0.25, 0.3) is 0 Å². The molecule has 0 radical (unpaired) electrons. The molecule has 3 rings (SSSR count). The maximum Gasteiger partial charge on any atom is 0.416 e. The summed E-state index contributed by atoms with van der Waals surface area (Å²) in [5, 5.41) is -0.916. The zero-order valence-corrected chi connectivity index (χ0v) is 13.9. The Morgan fingerprint density at radius 3 is 2.33 bits per heavy atom. The minimum Gasteiger partial charge on any atom is -0.299 e. The lowest BCUT2D eigenvalue weighted by atomic mass is 9.84. The minimum absolute atomic E-state index is 0.0753. The fraction of sp³-hybridized carbons (Fsp3) is 0.588. The smallest absolute Gasteiger partial charge is 0.299 e. The van der Waals surface area contributed by atoms with Gasteiger partial charge < -0.3 is 0 Å². The first-order chi connectivity index (χ1) is 11.2. The number of fused-ring (bicyclic) bond motifs is 2. The summed E-state index contributed by atoms with van der Waals surface area (Å²) >= 11 is 0. The van der Waals surface area contributed by atoms with Crippen molar-refractivity contribution in [1.29, 1.82) is 0 Å². The maximum atomic E-state index is 12.7. The molecule has 2 fully saturated rings. The van der Waals surface area contributed by atoms with E-state index >= 15 is 0 Å². The first-order valence-electron chi connectivity index (χ1n) is 8.09. The molecule has 0 saturated carbocycles. The van der Waals surface area contributed by atoms with Crippen molar-refractivity contribution < 1.29 is 26.4 Å². The summed E-state index contributed by atoms with van der Waals surface area (Å²) in [5.41, 5.74) is -0.440. The standard InChI is InChI=1S/C17H19F3O3S/c18-17(19,20)13-4-1-3-11(7-13)8-16(21)12-9-14-5-2-6-15(10-12)24(14,22)23/h1,3-4,7,12,14-15H,2,5-6,8-10H2. The van der Waals surface area contributed by atoms with Gasteiger partial charge in [-0.1, -0.05) is 24.6 Å². The number of hydrogen-bond acceptors (Lipinski definition) is 3. The van der Waals surface area contributed by atoms with E-state index in [-0.39, 0.29) is 18.1 Å². The van der Waals surface area contributed by atoms with Crippen LogP contribution in [-0.2, 0) is 27.2 Å². The number of carbonyl (C=O) groups is 1. The monoisotopic (exact) mass is 360 g/mol. The van der Waals surface area contributed by atoms with Crippen LogP contribution in [0.25, 0.3) is 0 Å². The maximum absolute atomic E-state index is 12.7. The van der Waals surface area contributed by atoms with E-state index in [0.29, 0.717) is 31.2 Å². The molecular formula is C17H19F3O3S. The topological polar surface area (TPSA) is 51.2 Å². The second-order valence-corrected chi connectivity index (χ2v) is 9.28. The van der Waals surface area contributed by atoms with Gasteiger partial charge in [0.05, 0.1) is 16.1 Å². The van der Waals surface area contributed by atoms with Crippen molar-refractivity contribution in [3.05, 3.63) is 35.4 Å². The molecule has 24 heavy (non-hydrogen) atoms. The molecule has 2 heterocycles. The summed E-state index contributed by atoms with van der Waals surface area (Å²) < 4.78 is 62.7. The van der Waals surface area contributed by atoms with E-state index in [1.54, 1.807) is 0 Å². The number of Topliss-reactive ketones (excluding diaryl/α,β-unsaturated/α-hetero) is 1. The van der Waals surface area contributed by atoms with Crippen LogP contribution in [0.15, 0.2) is 24.3 Å². The third-order valence-corrected chi connectivity index (χ3v) is 7.88. The molecule has 7 heteroatoms. The molecule has 0 N–H and O–H groups in total. The number of carbonyl (C=O) groups excluding carboxylic acids is 1. The molecule has 2 aliphatic heterocycles. The summed E-state index contributed by atoms with van der Waals surface area (Å²) in [6.45, 7) is 0. The SMILES string of the molecule is O=C(Cc1cccc(C(F)(F)F)c1)C1CC2CCCC(C1)S2(=O)=O. The average Bonchev–Trinajstić information content (AvgIpc) is 2.45. The van der Waals surface area contributed by atoms with Gasteiger partial charge in [0.1, 0.15) is 5.78 Å². The first kappa shape index (κ1) is 17.5. The van der Waals surface area contributed by atoms with Gasteiger partial charge in [-0.05, 0) is 37.3 Å². The second-order valence-electron chi connectivity index (χ2n) is 6.77. The molecule has 2 aliphatic rings. The van der Waals surface area contributed by atoms with Crippen LogP contribution >= 0.6 is 0 Å². The highest BCUT2D eigenvalue weighted by molar-refractivity contribution is 7.92. The minimum atomic E-state index is -4.44. The fourth-order valence-corrected chi connectivity index (χ4v) is 6.41. The Balaban J connectivity index is 1.72. The van der Waals surface area contributed by atoms with Crippen LogP contribution in [0, 0.1) is 5.92 Å². The normalized spacial score (nSPS) is 29.2. The van der Waals surface area contributed by atoms with Crippen LogP contribution in [0.2, 0.25) is 0 Å². The largest absolute Gasteiger partial charge is 0.416 e. The predicted octanol–water partition coefficient (Wildman–Crippen LogP) is 3.56. The van der Waals surface area contributed by atoms with Crippen LogP contribution in [-0.4, -0.2) is 24.7 Å². The van der Waals surface area contributed by atoms with Crippen molar-refractivity contribution in [2.75, 3.05) is 0 Å². The summed E-state index contributed by atoms with van der Waals surface area (Å²) in [5.74, 6) is -0.514. The van der Waals surface area contributed by atoms with Crippen LogP contribution in [0.1, 0.15) is 43.2 Å². The molecule has 0 aromatic heterocycles. The van der Waals surface area contributed by atoms with Crippen molar-refractivity contribution in [2.24, 2.45) is 5.92 Å². The van der Waals surface area contributed by atoms with Crippen LogP contribution in [0.3, 0.4) is 0 Å². The van der Waals surface area contributed by atoms with Gasteiger partial charge in [0.2, 0.25) is 0 Å². The molecule has 0 aliphatic carbocycles. The summed E-state index contributed by atoms with van der Waals surface area (Å²) in [6.07, 6.45) is -1.84. The molecule has 2 unspecified atom stereocenters. The van der Waals surface area contributed by atoms with E-state index in [4.69, 9.17) is 0 Å². The van der Waals surface area contributed by atoms with Crippen LogP contribution in [0.4, 0.5) is 13.2 Å². The van der Waals surface area contributed by atoms with Crippen molar-refractivity contribution in [2.45, 2.75) is 55.2 Å². The average molecular weight is 360 g/mol. The lowest BCUT2D eigenvalue weighted by Crippen LogP contribution is -2.45. The van der Waals surface area contributed by atoms with Gasteiger partial charge in [-0.15, -0.1) is 0 Å². The molecule has 2 atom stereocenters. The van der Waals surface area contributed by atoms with E-state index in [1.807, 2.05) is 0 Å². The van der Waals surface area contributed by atoms with E-state index in [1.165, 1.54) is 12.1 Å². The van der Waals surface area contributed by atoms with E-state index < -0.39 is 32.1 Å². The number of halogens is 3. The Bertz CT molecular complexity index is 720. The number of alkyl halides is 3. The zero-order valence-electron chi connectivity index (χ0n) is 13.1. The van der Waals surface area contributed by atoms with E-state index in [9.17, 15) is 26.4 Å². The third-order valence-electron chi connectivity index (χ3n) is 5.16. The van der Waals surface area contributed by atoms with Crippen molar-refractivity contribution in [1.82, 2.24) is 0 Å². The zero-order chi connectivity index (χ0) is 17.5. The number of rotatable bonds is 3. The molecule has 0 amide bonds. The summed E-state index contributed by atoms with van der Waals surface area (Å²) in [7, 11) is -3.13. The van der Waals surface area contributed by atoms with Crippen LogP contribution in [0.5, 0.6) is 0 Å². The highest BCUT2D eigenvalue weighted by Gasteiger charge is 2.45. The van der Waals surface area contributed by atoms with Gasteiger partial charge >= 0.3 is 6.18 Å². The molecule has 1 aromatic rings. The Kier molecular flexibility index (Phi) is 4.49. The van der Waals surface area contributed by atoms with E-state index in [0.717, 1.165) is 18.6 Å². The van der Waals surface area contributed by atoms with Gasteiger partial charge in [-0.3, -0.25) is 4.79 Å². The van der Waals surface area contributed by atoms with Crippen molar-refractivity contribution in [3.8, 4) is 0 Å². The van der Waals surface area contributed by atoms with Gasteiger partial charge in [0.15, 0.2) is 9.84 Å². The summed E-state index contributed by atoms with van der Waals surface area (Å²) in [6, 6.07) is 4.78. The Morgan fingerprint density at radius 1 is 1.12 bits per heavy atom. The second kappa shape index (κ2) is 6.17. The number of benzene rings is 1. The predicted molar refractivity (Wildman–Crippen MR) is 83.2 cm³/mol. The molecule has 0 spiro atoms. The molecule has 2 bridgehead atoms. The molecule has 3 nitrogen and oxygen atoms in total. The number of ketones is 1. The Hall–Kier alpha value is -1.37. The fourth-order valence-electron chi connectivity index (χ4n) is 3.87. The van der Waals surface area contributed by atoms with E-state index in [2.05, 4.69) is 0 Å². The molecule has 2 saturated heterocycles. The summed E-state index contributed by atoms with van der Waals surface area (Å²) in [4.78, 5) is 12.5. The highest BCUT2D eigenvalue weighted by atomic mass is 32.2. The van der Waals surface area contributed by atoms with Crippen LogP contribution < -0.4 is 0 Å². The molecule has 1 aromatic carbocycles. The first-order valence-corrected chi connectivity index (χ1v) is 9.70. The van der Waals surface area contributed by atoms with Gasteiger partial charge in [-0.2, -0.15) is 13.2 Å². The lowest BCUT2D eigenvalue weighted by Gasteiger charge is -2.38. The van der Waals surface area contributed by atoms with Crippen molar-refractivity contribution >= 4 is 15.6 Å². The van der Waals surface area contributed by atoms with Crippen molar-refractivity contribution in [3.63, 3.8) is 0 Å². The number of sulfone groups is 1. The quantitative estimate of drug-likeness (QED) is 0.828. The number of hydrogen-bond donors (Lipinski definition) is 0. The van der Waals surface area contributed by atoms with Gasteiger partial charge in [-0.25, -0.2) is 8.42 Å². The lowest BCUT2D eigenvalue weighted by molar-refractivity contribution is -0.137. The molecule has 132 valence electrons. The van der Waals surface area contributed by atoms with Gasteiger partial charge in [0, 0.05) is 12.3 Å². The highest BCUT2D eigenvalue weighted by Crippen LogP contribution is 2.40. The molecular weight excluding hydrogens is 341 g/mol.